The molecule has 0 heterocycles. The summed E-state index contributed by atoms with van der Waals surface area (Å²) in [5.74, 6) is -0.214. The van der Waals surface area contributed by atoms with E-state index in [4.69, 9.17) is 23.2 Å². The molecule has 2 rings (SSSR count). The first-order chi connectivity index (χ1) is 10.9. The van der Waals surface area contributed by atoms with Gasteiger partial charge in [0, 0.05) is 41.0 Å². The van der Waals surface area contributed by atoms with Crippen molar-refractivity contribution >= 4 is 40.5 Å². The summed E-state index contributed by atoms with van der Waals surface area (Å²) >= 11 is 11.9. The zero-order valence-corrected chi connectivity index (χ0v) is 14.6. The molecule has 0 radical (unpaired) electrons. The van der Waals surface area contributed by atoms with Crippen molar-refractivity contribution in [3.63, 3.8) is 0 Å². The number of benzene rings is 2. The number of hydrogen-bond acceptors (Lipinski definition) is 3. The minimum absolute atomic E-state index is 0.214. The van der Waals surface area contributed by atoms with Crippen LogP contribution in [0.1, 0.15) is 22.8 Å². The molecule has 0 aliphatic carbocycles. The number of carbonyl (C=O) groups excluding carboxylic acids is 1. The molecule has 0 unspecified atom stereocenters. The van der Waals surface area contributed by atoms with Crippen LogP contribution in [0.5, 0.6) is 0 Å². The van der Waals surface area contributed by atoms with E-state index in [0.717, 1.165) is 11.3 Å². The van der Waals surface area contributed by atoms with Crippen molar-refractivity contribution in [2.75, 3.05) is 19.4 Å². The lowest BCUT2D eigenvalue weighted by Gasteiger charge is -2.15. The molecule has 1 amide bonds. The summed E-state index contributed by atoms with van der Waals surface area (Å²) in [6.45, 7) is 1.83. The number of nitrogens with one attached hydrogen (secondary N) is 1. The van der Waals surface area contributed by atoms with Crippen LogP contribution in [0.3, 0.4) is 0 Å². The maximum atomic E-state index is 12.4. The maximum absolute atomic E-state index is 12.4. The second kappa shape index (κ2) is 7.49. The van der Waals surface area contributed by atoms with E-state index in [1.165, 1.54) is 5.01 Å². The summed E-state index contributed by atoms with van der Waals surface area (Å²) in [5.41, 5.74) is 2.94. The average molecular weight is 350 g/mol. The molecule has 0 aromatic heterocycles. The van der Waals surface area contributed by atoms with Crippen molar-refractivity contribution in [2.24, 2.45) is 5.10 Å². The van der Waals surface area contributed by atoms with Crippen molar-refractivity contribution < 1.29 is 4.79 Å². The Labute approximate surface area is 145 Å². The molecule has 120 valence electrons. The van der Waals surface area contributed by atoms with Crippen molar-refractivity contribution in [2.45, 2.75) is 6.92 Å². The Morgan fingerprint density at radius 1 is 1.09 bits per heavy atom. The molecule has 0 saturated carbocycles. The van der Waals surface area contributed by atoms with Gasteiger partial charge < -0.3 is 5.32 Å². The Morgan fingerprint density at radius 3 is 2.30 bits per heavy atom. The zero-order chi connectivity index (χ0) is 17.0. The second-order valence-corrected chi connectivity index (χ2v) is 5.83. The van der Waals surface area contributed by atoms with Crippen LogP contribution in [-0.4, -0.2) is 30.7 Å². The highest BCUT2D eigenvalue weighted by Gasteiger charge is 2.13. The Balaban J connectivity index is 2.28. The smallest absolute Gasteiger partial charge is 0.273 e. The van der Waals surface area contributed by atoms with Crippen LogP contribution in [0.15, 0.2) is 47.6 Å². The molecule has 0 bridgehead atoms. The van der Waals surface area contributed by atoms with Crippen LogP contribution in [0.2, 0.25) is 10.0 Å². The molecule has 2 aromatic carbocycles. The van der Waals surface area contributed by atoms with Gasteiger partial charge in [0.05, 0.1) is 5.71 Å². The van der Waals surface area contributed by atoms with Crippen LogP contribution >= 0.6 is 23.2 Å². The molecule has 23 heavy (non-hydrogen) atoms. The average Bonchev–Trinajstić information content (AvgIpc) is 2.54. The summed E-state index contributed by atoms with van der Waals surface area (Å²) in [4.78, 5) is 12.4. The molecule has 0 atom stereocenters. The number of anilines is 1. The molecular formula is C17H17Cl2N3O. The number of carbonyl (C=O) groups is 1. The number of nitrogens with zero attached hydrogens (tertiary/aromatic N) is 2. The first kappa shape index (κ1) is 17.3. The lowest BCUT2D eigenvalue weighted by molar-refractivity contribution is 0.0799. The normalized spacial score (nSPS) is 11.3. The standard InChI is InChI=1S/C17H17Cl2N3O/c1-11(15-10-14(19)8-9-16(15)20-2)21-22(3)17(23)12-4-6-13(18)7-5-12/h4-10,20H,1-3H3/b21-11-. The van der Waals surface area contributed by atoms with Crippen LogP contribution in [-0.2, 0) is 0 Å². The Bertz CT molecular complexity index is 742. The van der Waals surface area contributed by atoms with Gasteiger partial charge >= 0.3 is 0 Å². The van der Waals surface area contributed by atoms with Gasteiger partial charge in [-0.3, -0.25) is 4.79 Å². The van der Waals surface area contributed by atoms with Crippen molar-refractivity contribution in [1.82, 2.24) is 5.01 Å². The van der Waals surface area contributed by atoms with Gasteiger partial charge in [0.25, 0.3) is 5.91 Å². The minimum Gasteiger partial charge on any atom is -0.388 e. The second-order valence-electron chi connectivity index (χ2n) is 4.96. The minimum atomic E-state index is -0.214. The molecule has 2 aromatic rings. The van der Waals surface area contributed by atoms with Crippen molar-refractivity contribution in [3.05, 3.63) is 63.6 Å². The van der Waals surface area contributed by atoms with E-state index in [2.05, 4.69) is 10.4 Å². The summed E-state index contributed by atoms with van der Waals surface area (Å²) in [7, 11) is 3.44. The molecule has 0 saturated heterocycles. The predicted octanol–water partition coefficient (Wildman–Crippen LogP) is 4.53. The van der Waals surface area contributed by atoms with Gasteiger partial charge in [0.15, 0.2) is 0 Å². The molecule has 1 N–H and O–H groups in total. The highest BCUT2D eigenvalue weighted by atomic mass is 35.5. The summed E-state index contributed by atoms with van der Waals surface area (Å²) in [5, 5.41) is 9.95. The largest absolute Gasteiger partial charge is 0.388 e. The highest BCUT2D eigenvalue weighted by Crippen LogP contribution is 2.21. The summed E-state index contributed by atoms with van der Waals surface area (Å²) in [6, 6.07) is 12.2. The van der Waals surface area contributed by atoms with E-state index in [-0.39, 0.29) is 5.91 Å². The SMILES string of the molecule is CNc1ccc(Cl)cc1/C(C)=N\N(C)C(=O)c1ccc(Cl)cc1. The summed E-state index contributed by atoms with van der Waals surface area (Å²) in [6.07, 6.45) is 0. The number of hydrogen-bond donors (Lipinski definition) is 1. The summed E-state index contributed by atoms with van der Waals surface area (Å²) < 4.78 is 0. The van der Waals surface area contributed by atoms with Crippen LogP contribution in [0, 0.1) is 0 Å². The quantitative estimate of drug-likeness (QED) is 0.650. The predicted molar refractivity (Wildman–Crippen MR) is 96.8 cm³/mol. The first-order valence-electron chi connectivity index (χ1n) is 6.99. The number of halogens is 2. The number of rotatable bonds is 4. The molecule has 0 aliphatic heterocycles. The van der Waals surface area contributed by atoms with Gasteiger partial charge in [-0.25, -0.2) is 5.01 Å². The highest BCUT2D eigenvalue weighted by molar-refractivity contribution is 6.31. The third-order valence-electron chi connectivity index (χ3n) is 3.33. The third-order valence-corrected chi connectivity index (χ3v) is 3.81. The molecular weight excluding hydrogens is 333 g/mol. The van der Waals surface area contributed by atoms with E-state index in [0.29, 0.717) is 21.3 Å². The number of hydrazone groups is 1. The fourth-order valence-corrected chi connectivity index (χ4v) is 2.44. The Morgan fingerprint density at radius 2 is 1.70 bits per heavy atom. The van der Waals surface area contributed by atoms with E-state index in [1.807, 2.05) is 26.1 Å². The first-order valence-corrected chi connectivity index (χ1v) is 7.74. The molecule has 0 spiro atoms. The van der Waals surface area contributed by atoms with Gasteiger partial charge in [0.2, 0.25) is 0 Å². The molecule has 4 nitrogen and oxygen atoms in total. The fraction of sp³-hybridized carbons (Fsp3) is 0.176. The van der Waals surface area contributed by atoms with E-state index in [9.17, 15) is 4.79 Å². The Hall–Kier alpha value is -2.04. The van der Waals surface area contributed by atoms with Gasteiger partial charge in [-0.05, 0) is 49.4 Å². The fourth-order valence-electron chi connectivity index (χ4n) is 2.14. The third kappa shape index (κ3) is 4.24. The van der Waals surface area contributed by atoms with Crippen molar-refractivity contribution in [1.29, 1.82) is 0 Å². The topological polar surface area (TPSA) is 44.7 Å². The van der Waals surface area contributed by atoms with Crippen LogP contribution in [0.25, 0.3) is 0 Å². The lowest BCUT2D eigenvalue weighted by Crippen LogP contribution is -2.23. The van der Waals surface area contributed by atoms with E-state index >= 15 is 0 Å². The van der Waals surface area contributed by atoms with Crippen molar-refractivity contribution in [3.8, 4) is 0 Å². The van der Waals surface area contributed by atoms with E-state index < -0.39 is 0 Å². The zero-order valence-electron chi connectivity index (χ0n) is 13.1. The molecule has 0 aliphatic rings. The van der Waals surface area contributed by atoms with E-state index in [1.54, 1.807) is 37.4 Å². The van der Waals surface area contributed by atoms with Crippen LogP contribution in [0.4, 0.5) is 5.69 Å². The Kier molecular flexibility index (Phi) is 5.64. The lowest BCUT2D eigenvalue weighted by atomic mass is 10.1. The monoisotopic (exact) mass is 349 g/mol. The van der Waals surface area contributed by atoms with Crippen LogP contribution < -0.4 is 5.32 Å². The van der Waals surface area contributed by atoms with Gasteiger partial charge in [-0.15, -0.1) is 0 Å². The maximum Gasteiger partial charge on any atom is 0.273 e. The molecule has 6 heteroatoms. The number of amides is 1. The van der Waals surface area contributed by atoms with Gasteiger partial charge in [-0.1, -0.05) is 23.2 Å². The van der Waals surface area contributed by atoms with Gasteiger partial charge in [-0.2, -0.15) is 5.10 Å². The molecule has 0 fully saturated rings. The van der Waals surface area contributed by atoms with Gasteiger partial charge in [0.1, 0.15) is 0 Å².